The lowest BCUT2D eigenvalue weighted by Crippen LogP contribution is -2.42. The number of hydrogen-bond acceptors (Lipinski definition) is 5. The molecule has 0 unspecified atom stereocenters. The molecule has 1 amide bonds. The third-order valence-corrected chi connectivity index (χ3v) is 5.71. The molecule has 156 valence electrons. The molecule has 30 heavy (non-hydrogen) atoms. The van der Waals surface area contributed by atoms with Crippen LogP contribution in [0.3, 0.4) is 0 Å². The van der Waals surface area contributed by atoms with Crippen molar-refractivity contribution in [1.29, 1.82) is 0 Å². The molecule has 3 N–H and O–H groups in total. The smallest absolute Gasteiger partial charge is 0.238 e. The van der Waals surface area contributed by atoms with Gasteiger partial charge in [0.1, 0.15) is 0 Å². The lowest BCUT2D eigenvalue weighted by Gasteiger charge is -2.32. The molecular formula is C23H25ClN4O2. The van der Waals surface area contributed by atoms with Gasteiger partial charge in [-0.1, -0.05) is 17.7 Å². The van der Waals surface area contributed by atoms with Crippen molar-refractivity contribution < 1.29 is 9.90 Å². The molecule has 0 aliphatic carbocycles. The molecule has 1 fully saturated rings. The van der Waals surface area contributed by atoms with Gasteiger partial charge in [-0.15, -0.1) is 0 Å². The van der Waals surface area contributed by atoms with E-state index in [-0.39, 0.29) is 12.5 Å². The first-order valence-corrected chi connectivity index (χ1v) is 10.5. The second kappa shape index (κ2) is 9.43. The molecule has 0 saturated carbocycles. The van der Waals surface area contributed by atoms with Crippen molar-refractivity contribution in [2.75, 3.05) is 30.3 Å². The third kappa shape index (κ3) is 4.90. The fraction of sp³-hybridized carbons (Fsp3) is 0.304. The molecule has 3 aromatic rings. The van der Waals surface area contributed by atoms with Crippen molar-refractivity contribution >= 4 is 39.8 Å². The van der Waals surface area contributed by atoms with Gasteiger partial charge in [0.15, 0.2) is 0 Å². The molecule has 1 aliphatic heterocycles. The van der Waals surface area contributed by atoms with Gasteiger partial charge < -0.3 is 15.7 Å². The van der Waals surface area contributed by atoms with Crippen LogP contribution in [0.25, 0.3) is 10.9 Å². The van der Waals surface area contributed by atoms with Gasteiger partial charge >= 0.3 is 0 Å². The Bertz CT molecular complexity index is 1030. The number of aliphatic hydroxyl groups excluding tert-OH is 1. The number of piperidine rings is 1. The van der Waals surface area contributed by atoms with E-state index in [1.807, 2.05) is 42.5 Å². The fourth-order valence-electron chi connectivity index (χ4n) is 3.89. The van der Waals surface area contributed by atoms with Crippen molar-refractivity contribution in [3.8, 4) is 0 Å². The lowest BCUT2D eigenvalue weighted by atomic mass is 10.0. The molecule has 1 saturated heterocycles. The van der Waals surface area contributed by atoms with Crippen molar-refractivity contribution in [2.24, 2.45) is 0 Å². The molecule has 1 aromatic heterocycles. The molecule has 4 rings (SSSR count). The Kier molecular flexibility index (Phi) is 6.47. The summed E-state index contributed by atoms with van der Waals surface area (Å²) in [7, 11) is 0. The van der Waals surface area contributed by atoms with Gasteiger partial charge in [-0.05, 0) is 55.3 Å². The van der Waals surface area contributed by atoms with Crippen molar-refractivity contribution in [3.05, 3.63) is 65.3 Å². The highest BCUT2D eigenvalue weighted by Gasteiger charge is 2.21. The number of halogens is 1. The Morgan fingerprint density at radius 2 is 1.97 bits per heavy atom. The topological polar surface area (TPSA) is 77.5 Å². The first-order valence-electron chi connectivity index (χ1n) is 10.1. The van der Waals surface area contributed by atoms with E-state index in [1.54, 1.807) is 12.3 Å². The first kappa shape index (κ1) is 20.6. The summed E-state index contributed by atoms with van der Waals surface area (Å²) in [5, 5.41) is 17.6. The van der Waals surface area contributed by atoms with Crippen LogP contribution in [0.2, 0.25) is 5.02 Å². The zero-order valence-electron chi connectivity index (χ0n) is 16.6. The zero-order chi connectivity index (χ0) is 20.9. The molecule has 0 spiro atoms. The highest BCUT2D eigenvalue weighted by molar-refractivity contribution is 6.30. The van der Waals surface area contributed by atoms with Crippen LogP contribution in [-0.4, -0.2) is 46.6 Å². The number of carbonyl (C=O) groups is 1. The van der Waals surface area contributed by atoms with Gasteiger partial charge in [0.25, 0.3) is 0 Å². The highest BCUT2D eigenvalue weighted by Crippen LogP contribution is 2.24. The number of nitrogens with one attached hydrogen (secondary N) is 2. The quantitative estimate of drug-likeness (QED) is 0.559. The molecule has 2 aromatic carbocycles. The number of carbonyl (C=O) groups excluding carboxylic acids is 1. The van der Waals surface area contributed by atoms with Gasteiger partial charge in [-0.25, -0.2) is 0 Å². The largest absolute Gasteiger partial charge is 0.392 e. The van der Waals surface area contributed by atoms with E-state index in [0.29, 0.717) is 17.6 Å². The van der Waals surface area contributed by atoms with E-state index in [4.69, 9.17) is 11.6 Å². The number of hydrogen-bond donors (Lipinski definition) is 3. The van der Waals surface area contributed by atoms with Crippen LogP contribution in [-0.2, 0) is 11.4 Å². The van der Waals surface area contributed by atoms with Crippen LogP contribution in [0.15, 0.2) is 54.7 Å². The summed E-state index contributed by atoms with van der Waals surface area (Å²) in [5.74, 6) is -0.0157. The Labute approximate surface area is 180 Å². The standard InChI is InChI=1S/C23H25ClN4O2/c24-17-6-7-20(16(13-17)15-29)26-18-8-11-28(12-9-18)14-23(30)27-22-5-1-4-21-19(22)3-2-10-25-21/h1-7,10,13,18,26,29H,8-9,11-12,14-15H2,(H,27,30). The van der Waals surface area contributed by atoms with E-state index in [9.17, 15) is 9.90 Å². The summed E-state index contributed by atoms with van der Waals surface area (Å²) in [4.78, 5) is 19.1. The number of nitrogens with zero attached hydrogens (tertiary/aromatic N) is 2. The molecular weight excluding hydrogens is 400 g/mol. The molecule has 7 heteroatoms. The SMILES string of the molecule is O=C(CN1CCC(Nc2ccc(Cl)cc2CO)CC1)Nc1cccc2ncccc12. The maximum Gasteiger partial charge on any atom is 0.238 e. The Morgan fingerprint density at radius 1 is 1.13 bits per heavy atom. The monoisotopic (exact) mass is 424 g/mol. The van der Waals surface area contributed by atoms with E-state index in [1.165, 1.54) is 0 Å². The van der Waals surface area contributed by atoms with E-state index in [0.717, 1.165) is 53.8 Å². The van der Waals surface area contributed by atoms with Crippen LogP contribution in [0.1, 0.15) is 18.4 Å². The summed E-state index contributed by atoms with van der Waals surface area (Å²) < 4.78 is 0. The minimum atomic E-state index is -0.0500. The number of benzene rings is 2. The van der Waals surface area contributed by atoms with Crippen molar-refractivity contribution in [1.82, 2.24) is 9.88 Å². The van der Waals surface area contributed by atoms with Crippen LogP contribution in [0, 0.1) is 0 Å². The number of amides is 1. The van der Waals surface area contributed by atoms with Gasteiger partial charge in [0, 0.05) is 47.0 Å². The number of anilines is 2. The summed E-state index contributed by atoms with van der Waals surface area (Å²) in [6.07, 6.45) is 3.61. The Hall–Kier alpha value is -2.67. The molecule has 0 atom stereocenters. The van der Waals surface area contributed by atoms with Crippen LogP contribution >= 0.6 is 11.6 Å². The Morgan fingerprint density at radius 3 is 2.77 bits per heavy atom. The van der Waals surface area contributed by atoms with E-state index in [2.05, 4.69) is 20.5 Å². The number of fused-ring (bicyclic) bond motifs is 1. The number of likely N-dealkylation sites (tertiary alicyclic amines) is 1. The summed E-state index contributed by atoms with van der Waals surface area (Å²) in [5.41, 5.74) is 3.38. The minimum absolute atomic E-state index is 0.0157. The van der Waals surface area contributed by atoms with Crippen molar-refractivity contribution in [3.63, 3.8) is 0 Å². The van der Waals surface area contributed by atoms with Crippen molar-refractivity contribution in [2.45, 2.75) is 25.5 Å². The average Bonchev–Trinajstić information content (AvgIpc) is 2.76. The van der Waals surface area contributed by atoms with Gasteiger partial charge in [0.2, 0.25) is 5.91 Å². The van der Waals surface area contributed by atoms with Crippen LogP contribution in [0.4, 0.5) is 11.4 Å². The van der Waals surface area contributed by atoms with Gasteiger partial charge in [-0.2, -0.15) is 0 Å². The maximum absolute atomic E-state index is 12.6. The normalized spacial score (nSPS) is 15.3. The van der Waals surface area contributed by atoms with Gasteiger partial charge in [0.05, 0.1) is 24.4 Å². The molecule has 0 radical (unpaired) electrons. The Balaban J connectivity index is 1.30. The number of pyridine rings is 1. The van der Waals surface area contributed by atoms with Crippen LogP contribution in [0.5, 0.6) is 0 Å². The second-order valence-electron chi connectivity index (χ2n) is 7.58. The van der Waals surface area contributed by atoms with E-state index < -0.39 is 0 Å². The fourth-order valence-corrected chi connectivity index (χ4v) is 4.09. The summed E-state index contributed by atoms with van der Waals surface area (Å²) >= 11 is 6.01. The molecule has 1 aliphatic rings. The minimum Gasteiger partial charge on any atom is -0.392 e. The highest BCUT2D eigenvalue weighted by atomic mass is 35.5. The van der Waals surface area contributed by atoms with E-state index >= 15 is 0 Å². The second-order valence-corrected chi connectivity index (χ2v) is 8.01. The predicted molar refractivity (Wildman–Crippen MR) is 121 cm³/mol. The van der Waals surface area contributed by atoms with Crippen LogP contribution < -0.4 is 10.6 Å². The predicted octanol–water partition coefficient (Wildman–Crippen LogP) is 3.90. The molecule has 2 heterocycles. The number of aromatic nitrogens is 1. The molecule has 6 nitrogen and oxygen atoms in total. The summed E-state index contributed by atoms with van der Waals surface area (Å²) in [6, 6.07) is 15.4. The lowest BCUT2D eigenvalue weighted by molar-refractivity contribution is -0.117. The van der Waals surface area contributed by atoms with Gasteiger partial charge in [-0.3, -0.25) is 14.7 Å². The zero-order valence-corrected chi connectivity index (χ0v) is 17.4. The summed E-state index contributed by atoms with van der Waals surface area (Å²) in [6.45, 7) is 1.99. The first-order chi connectivity index (χ1) is 14.6. The average molecular weight is 425 g/mol. The maximum atomic E-state index is 12.6. The molecule has 0 bridgehead atoms. The third-order valence-electron chi connectivity index (χ3n) is 5.47. The number of aliphatic hydroxyl groups is 1. The number of rotatable bonds is 6.